The maximum Gasteiger partial charge on any atom is 0.369 e. The van der Waals surface area contributed by atoms with Crippen molar-refractivity contribution >= 4 is 0 Å². The van der Waals surface area contributed by atoms with Gasteiger partial charge >= 0.3 is 6.23 Å². The fraction of sp³-hybridized carbons (Fsp3) is 1.00. The second kappa shape index (κ2) is 3.05. The van der Waals surface area contributed by atoms with Gasteiger partial charge in [-0.25, -0.2) is 8.78 Å². The average molecular weight is 169 g/mol. The maximum atomic E-state index is 11.4. The summed E-state index contributed by atoms with van der Waals surface area (Å²) in [6.07, 6.45) is -4.96. The molecular weight excluding hydrogens is 164 g/mol. The summed E-state index contributed by atoms with van der Waals surface area (Å²) in [4.78, 5) is 9.10. The van der Waals surface area contributed by atoms with Crippen LogP contribution in [0.25, 0.3) is 0 Å². The van der Waals surface area contributed by atoms with Crippen LogP contribution < -0.4 is 0 Å². The molecule has 11 heavy (non-hydrogen) atoms. The lowest BCUT2D eigenvalue weighted by atomic mass is 10.7. The minimum absolute atomic E-state index is 0.726. The molecule has 0 aromatic carbocycles. The summed E-state index contributed by atoms with van der Waals surface area (Å²) in [5.41, 5.74) is 0. The highest BCUT2D eigenvalue weighted by atomic mass is 19.3. The molecule has 0 N–H and O–H groups in total. The molecule has 0 radical (unpaired) electrons. The highest BCUT2D eigenvalue weighted by Gasteiger charge is 2.52. The zero-order valence-corrected chi connectivity index (χ0v) is 5.28. The smallest absolute Gasteiger partial charge is 0.338 e. The fourth-order valence-electron chi connectivity index (χ4n) is 0.530. The number of halogens is 2. The lowest BCUT2D eigenvalue weighted by Crippen LogP contribution is -2.12. The molecule has 1 aliphatic rings. The van der Waals surface area contributed by atoms with E-state index in [4.69, 9.17) is 0 Å². The van der Waals surface area contributed by atoms with Crippen molar-refractivity contribution in [3.8, 4) is 0 Å². The number of nitrogens with zero attached hydrogens (tertiary/aromatic N) is 1. The number of rotatable bonds is 4. The van der Waals surface area contributed by atoms with Gasteiger partial charge < -0.3 is 4.74 Å². The number of nitro groups is 1. The first-order valence-corrected chi connectivity index (χ1v) is 2.80. The molecular formula is C4H5F2NO4. The molecule has 0 amide bonds. The summed E-state index contributed by atoms with van der Waals surface area (Å²) in [6.45, 7) is -0.824. The number of epoxide rings is 1. The summed E-state index contributed by atoms with van der Waals surface area (Å²) in [5.74, 6) is 0. The Morgan fingerprint density at radius 1 is 1.73 bits per heavy atom. The molecule has 1 fully saturated rings. The Kier molecular flexibility index (Phi) is 2.30. The summed E-state index contributed by atoms with van der Waals surface area (Å²) >= 11 is 0. The van der Waals surface area contributed by atoms with Crippen LogP contribution in [0.5, 0.6) is 0 Å². The van der Waals surface area contributed by atoms with Crippen LogP contribution in [-0.4, -0.2) is 30.5 Å². The lowest BCUT2D eigenvalue weighted by Gasteiger charge is -1.95. The highest BCUT2D eigenvalue weighted by molar-refractivity contribution is 4.64. The standard InChI is InChI=1S/C4H5F2NO4/c5-2(6)1-10-4-3(11-4)7(8)9/h2-4H,1H2. The summed E-state index contributed by atoms with van der Waals surface area (Å²) in [6, 6.07) is 0. The topological polar surface area (TPSA) is 64.9 Å². The van der Waals surface area contributed by atoms with Crippen molar-refractivity contribution in [3.63, 3.8) is 0 Å². The third kappa shape index (κ3) is 2.35. The van der Waals surface area contributed by atoms with Gasteiger partial charge in [0.25, 0.3) is 12.7 Å². The second-order valence-corrected chi connectivity index (χ2v) is 1.90. The Balaban J connectivity index is 2.09. The van der Waals surface area contributed by atoms with Crippen molar-refractivity contribution in [2.75, 3.05) is 6.61 Å². The monoisotopic (exact) mass is 169 g/mol. The third-order valence-electron chi connectivity index (χ3n) is 1.02. The van der Waals surface area contributed by atoms with Crippen LogP contribution in [0.4, 0.5) is 8.78 Å². The van der Waals surface area contributed by atoms with E-state index in [0.717, 1.165) is 0 Å². The van der Waals surface area contributed by atoms with Crippen molar-refractivity contribution in [2.45, 2.75) is 18.9 Å². The summed E-state index contributed by atoms with van der Waals surface area (Å²) in [7, 11) is 0. The number of hydrogen-bond acceptors (Lipinski definition) is 4. The predicted molar refractivity (Wildman–Crippen MR) is 27.6 cm³/mol. The van der Waals surface area contributed by atoms with E-state index in [0.29, 0.717) is 0 Å². The first-order valence-electron chi connectivity index (χ1n) is 2.80. The molecule has 5 nitrogen and oxygen atoms in total. The van der Waals surface area contributed by atoms with Crippen LogP contribution in [0.2, 0.25) is 0 Å². The van der Waals surface area contributed by atoms with Gasteiger partial charge in [-0.05, 0) is 0 Å². The molecule has 0 aliphatic carbocycles. The summed E-state index contributed by atoms with van der Waals surface area (Å²) < 4.78 is 31.3. The molecule has 1 heterocycles. The van der Waals surface area contributed by atoms with Gasteiger partial charge in [0.2, 0.25) is 0 Å². The van der Waals surface area contributed by atoms with Gasteiger partial charge in [0.15, 0.2) is 0 Å². The SMILES string of the molecule is O=[N+]([O-])C1OC1OCC(F)F. The molecule has 2 atom stereocenters. The van der Waals surface area contributed by atoms with E-state index in [9.17, 15) is 18.9 Å². The molecule has 1 aliphatic heterocycles. The number of alkyl halides is 2. The average Bonchev–Trinajstić information content (AvgIpc) is 2.61. The molecule has 7 heteroatoms. The number of hydrogen-bond donors (Lipinski definition) is 0. The van der Waals surface area contributed by atoms with Gasteiger partial charge in [-0.2, -0.15) is 0 Å². The Hall–Kier alpha value is -0.820. The van der Waals surface area contributed by atoms with Gasteiger partial charge in [-0.1, -0.05) is 0 Å². The van der Waals surface area contributed by atoms with Crippen LogP contribution in [-0.2, 0) is 9.47 Å². The molecule has 1 rings (SSSR count). The van der Waals surface area contributed by atoms with Crippen molar-refractivity contribution < 1.29 is 23.2 Å². The van der Waals surface area contributed by atoms with Crippen molar-refractivity contribution in [1.82, 2.24) is 0 Å². The zero-order valence-electron chi connectivity index (χ0n) is 5.28. The van der Waals surface area contributed by atoms with Crippen molar-refractivity contribution in [2.24, 2.45) is 0 Å². The van der Waals surface area contributed by atoms with Gasteiger partial charge in [0.1, 0.15) is 6.61 Å². The first kappa shape index (κ1) is 8.28. The Labute approximate surface area is 60.0 Å². The zero-order chi connectivity index (χ0) is 8.43. The fourth-order valence-corrected chi connectivity index (χ4v) is 0.530. The third-order valence-corrected chi connectivity index (χ3v) is 1.02. The largest absolute Gasteiger partial charge is 0.369 e. The van der Waals surface area contributed by atoms with Gasteiger partial charge in [-0.15, -0.1) is 0 Å². The number of ether oxygens (including phenoxy) is 2. The highest BCUT2D eigenvalue weighted by Crippen LogP contribution is 2.23. The van der Waals surface area contributed by atoms with Gasteiger partial charge in [0, 0.05) is 0 Å². The minimum atomic E-state index is -2.62. The van der Waals surface area contributed by atoms with Crippen molar-refractivity contribution in [3.05, 3.63) is 10.1 Å². The lowest BCUT2D eigenvalue weighted by molar-refractivity contribution is -0.518. The molecule has 0 saturated carbocycles. The Morgan fingerprint density at radius 2 is 2.36 bits per heavy atom. The quantitative estimate of drug-likeness (QED) is 0.343. The van der Waals surface area contributed by atoms with E-state index in [1.165, 1.54) is 0 Å². The minimum Gasteiger partial charge on any atom is -0.338 e. The van der Waals surface area contributed by atoms with Crippen LogP contribution >= 0.6 is 0 Å². The molecule has 1 saturated heterocycles. The van der Waals surface area contributed by atoms with E-state index in [-0.39, 0.29) is 0 Å². The second-order valence-electron chi connectivity index (χ2n) is 1.90. The maximum absolute atomic E-state index is 11.4. The summed E-state index contributed by atoms with van der Waals surface area (Å²) in [5, 5.41) is 9.83. The van der Waals surface area contributed by atoms with E-state index in [1.807, 2.05) is 0 Å². The Morgan fingerprint density at radius 3 is 2.73 bits per heavy atom. The predicted octanol–water partition coefficient (Wildman–Crippen LogP) is 0.227. The molecule has 0 spiro atoms. The van der Waals surface area contributed by atoms with Crippen LogP contribution in [0.15, 0.2) is 0 Å². The van der Waals surface area contributed by atoms with E-state index >= 15 is 0 Å². The van der Waals surface area contributed by atoms with Crippen LogP contribution in [0.3, 0.4) is 0 Å². The Bertz CT molecular complexity index is 164. The van der Waals surface area contributed by atoms with Gasteiger partial charge in [-0.3, -0.25) is 14.9 Å². The van der Waals surface area contributed by atoms with Crippen molar-refractivity contribution in [1.29, 1.82) is 0 Å². The van der Waals surface area contributed by atoms with E-state index < -0.39 is 30.5 Å². The van der Waals surface area contributed by atoms with E-state index in [2.05, 4.69) is 9.47 Å². The van der Waals surface area contributed by atoms with Gasteiger partial charge in [0.05, 0.1) is 4.92 Å². The molecule has 2 unspecified atom stereocenters. The van der Waals surface area contributed by atoms with E-state index in [1.54, 1.807) is 0 Å². The molecule has 0 bridgehead atoms. The normalized spacial score (nSPS) is 29.0. The molecule has 0 aromatic rings. The molecule has 64 valence electrons. The van der Waals surface area contributed by atoms with Crippen LogP contribution in [0, 0.1) is 10.1 Å². The van der Waals surface area contributed by atoms with Crippen LogP contribution in [0.1, 0.15) is 0 Å². The molecule has 0 aromatic heterocycles. The first-order chi connectivity index (χ1) is 5.11.